The second kappa shape index (κ2) is 10.2. The lowest BCUT2D eigenvalue weighted by Gasteiger charge is -2.30. The average Bonchev–Trinajstić information content (AvgIpc) is 2.83. The molecular weight excluding hydrogens is 445 g/mol. The first-order chi connectivity index (χ1) is 16.0. The van der Waals surface area contributed by atoms with Crippen LogP contribution in [-0.2, 0) is 14.3 Å². The molecule has 0 spiro atoms. The number of fused-ring (bicyclic) bond motifs is 1. The molecule has 2 aromatic carbocycles. The van der Waals surface area contributed by atoms with Crippen LogP contribution in [0.15, 0.2) is 58.5 Å². The van der Waals surface area contributed by atoms with Crippen LogP contribution < -0.4 is 5.56 Å². The Morgan fingerprint density at radius 3 is 2.55 bits per heavy atom. The number of hydrogen-bond donors (Lipinski definition) is 0. The van der Waals surface area contributed by atoms with Crippen molar-refractivity contribution < 1.29 is 18.7 Å². The van der Waals surface area contributed by atoms with E-state index in [1.54, 1.807) is 48.2 Å². The van der Waals surface area contributed by atoms with Gasteiger partial charge >= 0.3 is 5.97 Å². The third kappa shape index (κ3) is 4.93. The monoisotopic (exact) mass is 469 g/mol. The Bertz CT molecular complexity index is 1240. The van der Waals surface area contributed by atoms with Crippen molar-refractivity contribution >= 4 is 34.5 Å². The van der Waals surface area contributed by atoms with Crippen LogP contribution in [0.3, 0.4) is 0 Å². The van der Waals surface area contributed by atoms with Crippen LogP contribution in [0.25, 0.3) is 16.6 Å². The molecule has 0 atom stereocenters. The number of amides is 1. The fourth-order valence-corrected chi connectivity index (χ4v) is 4.81. The third-order valence-corrected chi connectivity index (χ3v) is 6.55. The molecule has 3 aromatic rings. The molecule has 2 heterocycles. The average molecular weight is 470 g/mol. The number of thioether (sulfide) groups is 1. The van der Waals surface area contributed by atoms with Gasteiger partial charge in [0.25, 0.3) is 5.56 Å². The first kappa shape index (κ1) is 23.0. The summed E-state index contributed by atoms with van der Waals surface area (Å²) in [6.07, 6.45) is 1.12. The zero-order chi connectivity index (χ0) is 23.4. The van der Waals surface area contributed by atoms with Crippen molar-refractivity contribution in [1.82, 2.24) is 14.5 Å². The Kier molecular flexibility index (Phi) is 7.08. The van der Waals surface area contributed by atoms with Crippen LogP contribution in [0.1, 0.15) is 19.8 Å². The summed E-state index contributed by atoms with van der Waals surface area (Å²) in [5.74, 6) is -1.03. The van der Waals surface area contributed by atoms with Crippen molar-refractivity contribution in [3.63, 3.8) is 0 Å². The molecule has 0 unspecified atom stereocenters. The fourth-order valence-electron chi connectivity index (χ4n) is 3.90. The summed E-state index contributed by atoms with van der Waals surface area (Å²) in [7, 11) is 0. The minimum atomic E-state index is -0.550. The Balaban J connectivity index is 1.55. The molecule has 33 heavy (non-hydrogen) atoms. The molecule has 1 fully saturated rings. The van der Waals surface area contributed by atoms with Crippen molar-refractivity contribution in [2.45, 2.75) is 24.9 Å². The van der Waals surface area contributed by atoms with Crippen LogP contribution in [-0.4, -0.2) is 51.8 Å². The highest BCUT2D eigenvalue weighted by atomic mass is 32.2. The van der Waals surface area contributed by atoms with Gasteiger partial charge in [0.05, 0.1) is 34.9 Å². The second-order valence-corrected chi connectivity index (χ2v) is 8.64. The van der Waals surface area contributed by atoms with E-state index in [4.69, 9.17) is 4.74 Å². The van der Waals surface area contributed by atoms with E-state index < -0.39 is 11.4 Å². The lowest BCUT2D eigenvalue weighted by Crippen LogP contribution is -2.41. The van der Waals surface area contributed by atoms with Gasteiger partial charge in [-0.3, -0.25) is 19.0 Å². The zero-order valence-corrected chi connectivity index (χ0v) is 19.0. The number of likely N-dealkylation sites (tertiary alicyclic amines) is 1. The summed E-state index contributed by atoms with van der Waals surface area (Å²) >= 11 is 1.10. The number of nitrogens with zero attached hydrogens (tertiary/aromatic N) is 3. The van der Waals surface area contributed by atoms with Gasteiger partial charge in [0.15, 0.2) is 5.16 Å². The van der Waals surface area contributed by atoms with Crippen molar-refractivity contribution in [1.29, 1.82) is 0 Å². The normalized spacial score (nSPS) is 14.4. The van der Waals surface area contributed by atoms with Gasteiger partial charge in [-0.25, -0.2) is 9.37 Å². The van der Waals surface area contributed by atoms with Gasteiger partial charge < -0.3 is 9.64 Å². The topological polar surface area (TPSA) is 81.5 Å². The number of esters is 1. The van der Waals surface area contributed by atoms with Gasteiger partial charge in [0, 0.05) is 13.1 Å². The number of hydrogen-bond acceptors (Lipinski definition) is 6. The predicted molar refractivity (Wildman–Crippen MR) is 124 cm³/mol. The van der Waals surface area contributed by atoms with Gasteiger partial charge in [-0.05, 0) is 44.0 Å². The molecule has 7 nitrogen and oxygen atoms in total. The van der Waals surface area contributed by atoms with Gasteiger partial charge in [-0.15, -0.1) is 0 Å². The number of piperidine rings is 1. The highest BCUT2D eigenvalue weighted by Gasteiger charge is 2.28. The maximum absolute atomic E-state index is 14.6. The summed E-state index contributed by atoms with van der Waals surface area (Å²) in [6.45, 7) is 3.05. The van der Waals surface area contributed by atoms with Crippen molar-refractivity contribution in [2.75, 3.05) is 25.4 Å². The van der Waals surface area contributed by atoms with Gasteiger partial charge in [0.2, 0.25) is 5.91 Å². The molecule has 0 bridgehead atoms. The molecule has 1 amide bonds. The fraction of sp³-hybridized carbons (Fsp3) is 0.333. The van der Waals surface area contributed by atoms with E-state index in [0.717, 1.165) is 11.8 Å². The smallest absolute Gasteiger partial charge is 0.309 e. The first-order valence-electron chi connectivity index (χ1n) is 10.8. The number of benzene rings is 2. The standard InChI is InChI=1S/C24H24FN3O4S/c1-2-32-23(31)16-11-13-27(14-12-16)21(29)15-33-24-26-19-9-5-3-7-17(19)22(30)28(24)20-10-6-4-8-18(20)25/h3-10,16H,2,11-15H2,1H3. The number of carbonyl (C=O) groups is 2. The Labute approximate surface area is 194 Å². The van der Waals surface area contributed by atoms with Crippen LogP contribution in [0, 0.1) is 11.7 Å². The first-order valence-corrected chi connectivity index (χ1v) is 11.8. The van der Waals surface area contributed by atoms with Gasteiger partial charge in [-0.2, -0.15) is 0 Å². The van der Waals surface area contributed by atoms with E-state index in [-0.39, 0.29) is 34.4 Å². The lowest BCUT2D eigenvalue weighted by atomic mass is 9.97. The minimum absolute atomic E-state index is 0.0449. The Hall–Kier alpha value is -3.20. The van der Waals surface area contributed by atoms with Crippen molar-refractivity contribution in [3.05, 3.63) is 64.7 Å². The lowest BCUT2D eigenvalue weighted by molar-refractivity contribution is -0.151. The minimum Gasteiger partial charge on any atom is -0.466 e. The maximum atomic E-state index is 14.6. The van der Waals surface area contributed by atoms with Crippen LogP contribution in [0.5, 0.6) is 0 Å². The molecule has 1 aliphatic rings. The Morgan fingerprint density at radius 1 is 1.12 bits per heavy atom. The zero-order valence-electron chi connectivity index (χ0n) is 18.2. The van der Waals surface area contributed by atoms with Crippen LogP contribution >= 0.6 is 11.8 Å². The molecule has 4 rings (SSSR count). The van der Waals surface area contributed by atoms with E-state index >= 15 is 0 Å². The molecule has 1 aliphatic heterocycles. The molecule has 172 valence electrons. The number of halogens is 1. The number of ether oxygens (including phenoxy) is 1. The molecule has 0 aliphatic carbocycles. The number of aromatic nitrogens is 2. The van der Waals surface area contributed by atoms with E-state index in [9.17, 15) is 18.8 Å². The molecule has 0 saturated carbocycles. The maximum Gasteiger partial charge on any atom is 0.309 e. The molecular formula is C24H24FN3O4S. The molecule has 0 N–H and O–H groups in total. The number of para-hydroxylation sites is 2. The summed E-state index contributed by atoms with van der Waals surface area (Å²) in [5.41, 5.74) is 0.183. The summed E-state index contributed by atoms with van der Waals surface area (Å²) in [6, 6.07) is 12.9. The van der Waals surface area contributed by atoms with E-state index in [1.807, 2.05) is 0 Å². The van der Waals surface area contributed by atoms with E-state index in [1.165, 1.54) is 16.7 Å². The molecule has 0 radical (unpaired) electrons. The highest BCUT2D eigenvalue weighted by molar-refractivity contribution is 7.99. The number of carbonyl (C=O) groups excluding carboxylic acids is 2. The quantitative estimate of drug-likeness (QED) is 0.313. The van der Waals surface area contributed by atoms with Crippen molar-refractivity contribution in [2.24, 2.45) is 5.92 Å². The second-order valence-electron chi connectivity index (χ2n) is 7.70. The van der Waals surface area contributed by atoms with Gasteiger partial charge in [0.1, 0.15) is 5.82 Å². The molecule has 1 aromatic heterocycles. The van der Waals surface area contributed by atoms with Crippen LogP contribution in [0.2, 0.25) is 0 Å². The van der Waals surface area contributed by atoms with Gasteiger partial charge in [-0.1, -0.05) is 36.0 Å². The van der Waals surface area contributed by atoms with Crippen LogP contribution in [0.4, 0.5) is 4.39 Å². The van der Waals surface area contributed by atoms with E-state index in [0.29, 0.717) is 43.4 Å². The highest BCUT2D eigenvalue weighted by Crippen LogP contribution is 2.24. The number of rotatable bonds is 6. The summed E-state index contributed by atoms with van der Waals surface area (Å²) < 4.78 is 20.9. The van der Waals surface area contributed by atoms with E-state index in [2.05, 4.69) is 4.98 Å². The molecule has 1 saturated heterocycles. The predicted octanol–water partition coefficient (Wildman–Crippen LogP) is 3.42. The largest absolute Gasteiger partial charge is 0.466 e. The summed E-state index contributed by atoms with van der Waals surface area (Å²) in [4.78, 5) is 44.2. The summed E-state index contributed by atoms with van der Waals surface area (Å²) in [5, 5.41) is 0.621. The SMILES string of the molecule is CCOC(=O)C1CCN(C(=O)CSc2nc3ccccc3c(=O)n2-c2ccccc2F)CC1. The van der Waals surface area contributed by atoms with Crippen molar-refractivity contribution in [3.8, 4) is 5.69 Å². The Morgan fingerprint density at radius 2 is 1.82 bits per heavy atom. The molecule has 9 heteroatoms. The third-order valence-electron chi connectivity index (χ3n) is 5.63.